The lowest BCUT2D eigenvalue weighted by Crippen LogP contribution is -2.02. The molecule has 5 heteroatoms. The van der Waals surface area contributed by atoms with Crippen LogP contribution in [0.1, 0.15) is 21.5 Å². The first-order chi connectivity index (χ1) is 9.52. The number of aryl methyl sites for hydroxylation is 1. The van der Waals surface area contributed by atoms with Crippen LogP contribution >= 0.6 is 15.9 Å². The van der Waals surface area contributed by atoms with Crippen molar-refractivity contribution in [1.82, 2.24) is 9.97 Å². The van der Waals surface area contributed by atoms with E-state index < -0.39 is 0 Å². The molecular weight excluding hydrogens is 320 g/mol. The predicted octanol–water partition coefficient (Wildman–Crippen LogP) is 3.16. The van der Waals surface area contributed by atoms with Crippen molar-refractivity contribution in [1.29, 1.82) is 0 Å². The van der Waals surface area contributed by atoms with E-state index in [4.69, 9.17) is 0 Å². The Bertz CT molecular complexity index is 857. The SMILES string of the molecule is Cc1cc(Br)cc(C(=O)c2ccc3[nH]c(=O)[nH]c3c2)c1. The van der Waals surface area contributed by atoms with Crippen LogP contribution in [-0.4, -0.2) is 15.8 Å². The molecule has 0 unspecified atom stereocenters. The van der Waals surface area contributed by atoms with E-state index in [0.717, 1.165) is 10.0 Å². The summed E-state index contributed by atoms with van der Waals surface area (Å²) >= 11 is 3.39. The first kappa shape index (κ1) is 12.9. The van der Waals surface area contributed by atoms with Gasteiger partial charge < -0.3 is 9.97 Å². The number of imidazole rings is 1. The van der Waals surface area contributed by atoms with Crippen molar-refractivity contribution in [2.75, 3.05) is 0 Å². The average Bonchev–Trinajstić information content (AvgIpc) is 2.75. The number of ketones is 1. The fourth-order valence-corrected chi connectivity index (χ4v) is 2.82. The number of carbonyl (C=O) groups excluding carboxylic acids is 1. The van der Waals surface area contributed by atoms with E-state index in [2.05, 4.69) is 25.9 Å². The van der Waals surface area contributed by atoms with Gasteiger partial charge in [0.25, 0.3) is 0 Å². The first-order valence-electron chi connectivity index (χ1n) is 6.07. The lowest BCUT2D eigenvalue weighted by atomic mass is 10.0. The molecule has 0 saturated heterocycles. The number of aromatic amines is 2. The monoisotopic (exact) mass is 330 g/mol. The van der Waals surface area contributed by atoms with Gasteiger partial charge in [0.2, 0.25) is 0 Å². The van der Waals surface area contributed by atoms with Gasteiger partial charge >= 0.3 is 5.69 Å². The standard InChI is InChI=1S/C15H11BrN2O2/c1-8-4-10(6-11(16)5-8)14(19)9-2-3-12-13(7-9)18-15(20)17-12/h2-7H,1H3,(H2,17,18,20). The van der Waals surface area contributed by atoms with E-state index in [1.807, 2.05) is 19.1 Å². The molecule has 4 nitrogen and oxygen atoms in total. The number of hydrogen-bond acceptors (Lipinski definition) is 2. The zero-order valence-electron chi connectivity index (χ0n) is 10.7. The van der Waals surface area contributed by atoms with Crippen LogP contribution in [0.4, 0.5) is 0 Å². The lowest BCUT2D eigenvalue weighted by Gasteiger charge is -2.04. The van der Waals surface area contributed by atoms with Gasteiger partial charge in [0.05, 0.1) is 11.0 Å². The molecule has 2 N–H and O–H groups in total. The van der Waals surface area contributed by atoms with Crippen LogP contribution in [0.25, 0.3) is 11.0 Å². The van der Waals surface area contributed by atoms with Gasteiger partial charge in [-0.05, 0) is 48.9 Å². The molecule has 0 spiro atoms. The van der Waals surface area contributed by atoms with Gasteiger partial charge in [0.1, 0.15) is 0 Å². The highest BCUT2D eigenvalue weighted by molar-refractivity contribution is 9.10. The average molecular weight is 331 g/mol. The Morgan fingerprint density at radius 3 is 2.50 bits per heavy atom. The molecule has 0 fully saturated rings. The Morgan fingerprint density at radius 2 is 1.75 bits per heavy atom. The van der Waals surface area contributed by atoms with Crippen molar-refractivity contribution in [3.8, 4) is 0 Å². The zero-order chi connectivity index (χ0) is 14.3. The normalized spacial score (nSPS) is 10.9. The second-order valence-corrected chi connectivity index (χ2v) is 5.60. The number of benzene rings is 2. The number of aromatic nitrogens is 2. The summed E-state index contributed by atoms with van der Waals surface area (Å²) in [7, 11) is 0. The van der Waals surface area contributed by atoms with Crippen LogP contribution in [0, 0.1) is 6.92 Å². The van der Waals surface area contributed by atoms with E-state index in [1.54, 1.807) is 24.3 Å². The molecule has 1 aromatic heterocycles. The third kappa shape index (κ3) is 2.32. The third-order valence-electron chi connectivity index (χ3n) is 3.08. The van der Waals surface area contributed by atoms with Crippen molar-refractivity contribution in [3.05, 3.63) is 68.0 Å². The number of H-pyrrole nitrogens is 2. The maximum atomic E-state index is 12.5. The highest BCUT2D eigenvalue weighted by Crippen LogP contribution is 2.19. The fraction of sp³-hybridized carbons (Fsp3) is 0.0667. The van der Waals surface area contributed by atoms with E-state index in [-0.39, 0.29) is 11.5 Å². The Morgan fingerprint density at radius 1 is 1.00 bits per heavy atom. The van der Waals surface area contributed by atoms with Crippen molar-refractivity contribution in [3.63, 3.8) is 0 Å². The van der Waals surface area contributed by atoms with Crippen molar-refractivity contribution >= 4 is 32.7 Å². The molecule has 100 valence electrons. The molecule has 0 radical (unpaired) electrons. The summed E-state index contributed by atoms with van der Waals surface area (Å²) < 4.78 is 0.872. The Kier molecular flexibility index (Phi) is 3.06. The number of carbonyl (C=O) groups is 1. The minimum absolute atomic E-state index is 0.0710. The van der Waals surface area contributed by atoms with Crippen LogP contribution in [-0.2, 0) is 0 Å². The van der Waals surface area contributed by atoms with Gasteiger partial charge in [-0.15, -0.1) is 0 Å². The van der Waals surface area contributed by atoms with Gasteiger partial charge in [-0.3, -0.25) is 4.79 Å². The van der Waals surface area contributed by atoms with Crippen LogP contribution in [0.5, 0.6) is 0 Å². The van der Waals surface area contributed by atoms with Crippen LogP contribution in [0.15, 0.2) is 45.7 Å². The second-order valence-electron chi connectivity index (χ2n) is 4.69. The van der Waals surface area contributed by atoms with Gasteiger partial charge in [-0.25, -0.2) is 4.79 Å². The first-order valence-corrected chi connectivity index (χ1v) is 6.86. The van der Waals surface area contributed by atoms with Gasteiger partial charge in [-0.1, -0.05) is 15.9 Å². The fourth-order valence-electron chi connectivity index (χ4n) is 2.21. The number of rotatable bonds is 2. The molecule has 20 heavy (non-hydrogen) atoms. The maximum absolute atomic E-state index is 12.5. The molecule has 0 aliphatic heterocycles. The Labute approximate surface area is 123 Å². The lowest BCUT2D eigenvalue weighted by molar-refractivity contribution is 0.103. The van der Waals surface area contributed by atoms with E-state index in [0.29, 0.717) is 22.2 Å². The highest BCUT2D eigenvalue weighted by atomic mass is 79.9. The Balaban J connectivity index is 2.09. The predicted molar refractivity (Wildman–Crippen MR) is 81.2 cm³/mol. The minimum atomic E-state index is -0.275. The molecule has 2 aromatic carbocycles. The smallest absolute Gasteiger partial charge is 0.306 e. The van der Waals surface area contributed by atoms with E-state index >= 15 is 0 Å². The number of hydrogen-bond donors (Lipinski definition) is 2. The number of fused-ring (bicyclic) bond motifs is 1. The van der Waals surface area contributed by atoms with E-state index in [9.17, 15) is 9.59 Å². The molecule has 0 bridgehead atoms. The summed E-state index contributed by atoms with van der Waals surface area (Å²) in [6.07, 6.45) is 0. The van der Waals surface area contributed by atoms with Crippen molar-refractivity contribution in [2.24, 2.45) is 0 Å². The largest absolute Gasteiger partial charge is 0.323 e. The molecular formula is C15H11BrN2O2. The summed E-state index contributed by atoms with van der Waals surface area (Å²) in [6.45, 7) is 1.94. The molecule has 0 amide bonds. The van der Waals surface area contributed by atoms with Crippen molar-refractivity contribution in [2.45, 2.75) is 6.92 Å². The molecule has 3 rings (SSSR count). The number of nitrogens with one attached hydrogen (secondary N) is 2. The third-order valence-corrected chi connectivity index (χ3v) is 3.54. The molecule has 3 aromatic rings. The summed E-state index contributed by atoms with van der Waals surface area (Å²) in [5.74, 6) is -0.0710. The Hall–Kier alpha value is -2.14. The topological polar surface area (TPSA) is 65.7 Å². The summed E-state index contributed by atoms with van der Waals surface area (Å²) in [4.78, 5) is 29.0. The van der Waals surface area contributed by atoms with Crippen LogP contribution in [0.3, 0.4) is 0 Å². The van der Waals surface area contributed by atoms with Gasteiger partial charge in [-0.2, -0.15) is 0 Å². The summed E-state index contributed by atoms with van der Waals surface area (Å²) in [5, 5.41) is 0. The highest BCUT2D eigenvalue weighted by Gasteiger charge is 2.11. The zero-order valence-corrected chi connectivity index (χ0v) is 12.2. The van der Waals surface area contributed by atoms with Gasteiger partial charge in [0, 0.05) is 15.6 Å². The van der Waals surface area contributed by atoms with E-state index in [1.165, 1.54) is 0 Å². The van der Waals surface area contributed by atoms with Crippen molar-refractivity contribution < 1.29 is 4.79 Å². The summed E-state index contributed by atoms with van der Waals surface area (Å²) in [6, 6.07) is 10.7. The second kappa shape index (κ2) is 4.76. The van der Waals surface area contributed by atoms with Gasteiger partial charge in [0.15, 0.2) is 5.78 Å². The molecule has 0 aliphatic carbocycles. The van der Waals surface area contributed by atoms with Crippen LogP contribution < -0.4 is 5.69 Å². The quantitative estimate of drug-likeness (QED) is 0.709. The molecule has 0 aliphatic rings. The van der Waals surface area contributed by atoms with Crippen LogP contribution in [0.2, 0.25) is 0 Å². The molecule has 1 heterocycles. The number of halogens is 1. The maximum Gasteiger partial charge on any atom is 0.323 e. The molecule has 0 atom stereocenters. The minimum Gasteiger partial charge on any atom is -0.306 e. The molecule has 0 saturated carbocycles. The summed E-state index contributed by atoms with van der Waals surface area (Å²) in [5.41, 5.74) is 3.23.